The van der Waals surface area contributed by atoms with Crippen molar-refractivity contribution in [1.29, 1.82) is 0 Å². The van der Waals surface area contributed by atoms with Crippen LogP contribution in [-0.2, 0) is 4.79 Å². The summed E-state index contributed by atoms with van der Waals surface area (Å²) < 4.78 is 1.84. The van der Waals surface area contributed by atoms with E-state index in [9.17, 15) is 14.9 Å². The molecule has 23 heavy (non-hydrogen) atoms. The monoisotopic (exact) mass is 335 g/mol. The largest absolute Gasteiger partial charge is 0.346 e. The average Bonchev–Trinajstić information content (AvgIpc) is 3.25. The highest BCUT2D eigenvalue weighted by atomic mass is 32.2. The van der Waals surface area contributed by atoms with Gasteiger partial charge in [-0.3, -0.25) is 19.3 Å². The Kier molecular flexibility index (Phi) is 4.46. The lowest BCUT2D eigenvalue weighted by molar-refractivity contribution is -0.497. The minimum atomic E-state index is -0.744. The summed E-state index contributed by atoms with van der Waals surface area (Å²) in [7, 11) is 0. The van der Waals surface area contributed by atoms with Gasteiger partial charge in [0.05, 0.1) is 6.04 Å². The van der Waals surface area contributed by atoms with Gasteiger partial charge >= 0.3 is 0 Å². The van der Waals surface area contributed by atoms with Crippen LogP contribution in [0.15, 0.2) is 24.4 Å². The van der Waals surface area contributed by atoms with Gasteiger partial charge in [-0.2, -0.15) is 11.8 Å². The van der Waals surface area contributed by atoms with Gasteiger partial charge in [-0.05, 0) is 30.6 Å². The molecular formula is C14H17N5O3S. The summed E-state index contributed by atoms with van der Waals surface area (Å²) in [6.45, 7) is 0. The minimum Gasteiger partial charge on any atom is -0.346 e. The maximum absolute atomic E-state index is 12.2. The van der Waals surface area contributed by atoms with Gasteiger partial charge in [0.2, 0.25) is 11.9 Å². The number of aromatic nitrogens is 3. The van der Waals surface area contributed by atoms with Crippen LogP contribution >= 0.6 is 11.8 Å². The summed E-state index contributed by atoms with van der Waals surface area (Å²) >= 11 is 1.67. The highest BCUT2D eigenvalue weighted by molar-refractivity contribution is 7.98. The Morgan fingerprint density at radius 1 is 1.57 bits per heavy atom. The fraction of sp³-hybridized carbons (Fsp3) is 0.500. The van der Waals surface area contributed by atoms with Gasteiger partial charge in [0.1, 0.15) is 5.92 Å². The topological polar surface area (TPSA) is 102 Å². The molecule has 2 aromatic heterocycles. The van der Waals surface area contributed by atoms with Gasteiger partial charge in [0.25, 0.3) is 0 Å². The molecular weight excluding hydrogens is 318 g/mol. The molecule has 0 radical (unpaired) electrons. The lowest BCUT2D eigenvalue weighted by atomic mass is 10.2. The van der Waals surface area contributed by atoms with E-state index in [-0.39, 0.29) is 16.9 Å². The molecule has 1 amide bonds. The summed E-state index contributed by atoms with van der Waals surface area (Å²) in [5.41, 5.74) is 0.709. The summed E-state index contributed by atoms with van der Waals surface area (Å²) in [4.78, 5) is 22.6. The Hall–Kier alpha value is -2.16. The number of hydrogen-bond donors (Lipinski definition) is 1. The fourth-order valence-electron chi connectivity index (χ4n) is 2.57. The zero-order valence-electron chi connectivity index (χ0n) is 12.6. The summed E-state index contributed by atoms with van der Waals surface area (Å²) in [6, 6.07) is 4.53. The molecule has 0 aromatic carbocycles. The third-order valence-electron chi connectivity index (χ3n) is 3.94. The minimum absolute atomic E-state index is 0.273. The first-order valence-electron chi connectivity index (χ1n) is 7.34. The van der Waals surface area contributed by atoms with E-state index in [4.69, 9.17) is 0 Å². The van der Waals surface area contributed by atoms with Crippen LogP contribution in [0, 0.1) is 16.0 Å². The number of nitrogens with one attached hydrogen (secondary N) is 1. The molecule has 122 valence electrons. The smallest absolute Gasteiger partial charge is 0.230 e. The molecule has 1 N–H and O–H groups in total. The van der Waals surface area contributed by atoms with E-state index in [0.29, 0.717) is 24.3 Å². The van der Waals surface area contributed by atoms with Gasteiger partial charge in [0.15, 0.2) is 11.5 Å². The van der Waals surface area contributed by atoms with E-state index in [1.165, 1.54) is 0 Å². The van der Waals surface area contributed by atoms with Gasteiger partial charge in [-0.25, -0.2) is 0 Å². The first kappa shape index (κ1) is 15.7. The van der Waals surface area contributed by atoms with Crippen LogP contribution < -0.4 is 5.32 Å². The van der Waals surface area contributed by atoms with Crippen molar-refractivity contribution in [2.24, 2.45) is 5.92 Å². The lowest BCUT2D eigenvalue weighted by Crippen LogP contribution is -2.33. The van der Waals surface area contributed by atoms with Crippen molar-refractivity contribution in [2.75, 3.05) is 12.0 Å². The highest BCUT2D eigenvalue weighted by Gasteiger charge is 2.53. The van der Waals surface area contributed by atoms with Crippen LogP contribution in [0.2, 0.25) is 0 Å². The SMILES string of the molecule is CSCCC(NC(=O)C1CC1[N+](=O)[O-])c1nnc2ccccn12. The molecule has 1 aliphatic carbocycles. The Morgan fingerprint density at radius 3 is 3.09 bits per heavy atom. The normalized spacial score (nSPS) is 21.1. The summed E-state index contributed by atoms with van der Waals surface area (Å²) in [5, 5.41) is 21.9. The van der Waals surface area contributed by atoms with Gasteiger partial charge < -0.3 is 5.32 Å². The Morgan fingerprint density at radius 2 is 2.39 bits per heavy atom. The standard InChI is InChI=1S/C14H17N5O3S/c1-23-7-5-10(15-14(20)9-8-11(9)19(21)22)13-17-16-12-4-2-3-6-18(12)13/h2-4,6,9-11H,5,7-8H2,1H3,(H,15,20). The van der Waals surface area contributed by atoms with Gasteiger partial charge in [-0.15, -0.1) is 10.2 Å². The van der Waals surface area contributed by atoms with Crippen molar-refractivity contribution in [3.8, 4) is 0 Å². The number of hydrogen-bond acceptors (Lipinski definition) is 6. The quantitative estimate of drug-likeness (QED) is 0.604. The van der Waals surface area contributed by atoms with Gasteiger partial charge in [-0.1, -0.05) is 6.07 Å². The molecule has 2 heterocycles. The Labute approximate surface area is 136 Å². The molecule has 0 saturated heterocycles. The molecule has 1 fully saturated rings. The van der Waals surface area contributed by atoms with Crippen molar-refractivity contribution >= 4 is 23.3 Å². The molecule has 0 aliphatic heterocycles. The molecule has 1 aliphatic rings. The second kappa shape index (κ2) is 6.53. The number of nitro groups is 1. The van der Waals surface area contributed by atoms with E-state index in [1.807, 2.05) is 35.1 Å². The van der Waals surface area contributed by atoms with Crippen molar-refractivity contribution in [2.45, 2.75) is 24.9 Å². The number of carbonyl (C=O) groups is 1. The number of rotatable bonds is 7. The van der Waals surface area contributed by atoms with E-state index in [2.05, 4.69) is 15.5 Å². The third kappa shape index (κ3) is 3.29. The van der Waals surface area contributed by atoms with E-state index in [1.54, 1.807) is 11.8 Å². The second-order valence-corrected chi connectivity index (χ2v) is 6.51. The Bertz CT molecular complexity index is 734. The molecule has 0 spiro atoms. The lowest BCUT2D eigenvalue weighted by Gasteiger charge is -2.16. The van der Waals surface area contributed by atoms with E-state index >= 15 is 0 Å². The zero-order chi connectivity index (χ0) is 16.4. The second-order valence-electron chi connectivity index (χ2n) is 5.52. The average molecular weight is 335 g/mol. The predicted molar refractivity (Wildman–Crippen MR) is 85.8 cm³/mol. The molecule has 3 atom stereocenters. The predicted octanol–water partition coefficient (Wildman–Crippen LogP) is 1.30. The molecule has 9 heteroatoms. The van der Waals surface area contributed by atoms with Crippen LogP contribution in [0.5, 0.6) is 0 Å². The summed E-state index contributed by atoms with van der Waals surface area (Å²) in [6.07, 6.45) is 4.84. The zero-order valence-corrected chi connectivity index (χ0v) is 13.4. The van der Waals surface area contributed by atoms with E-state index < -0.39 is 12.0 Å². The van der Waals surface area contributed by atoms with Crippen LogP contribution in [0.3, 0.4) is 0 Å². The fourth-order valence-corrected chi connectivity index (χ4v) is 3.05. The number of pyridine rings is 1. The molecule has 3 rings (SSSR count). The van der Waals surface area contributed by atoms with Crippen molar-refractivity contribution in [3.63, 3.8) is 0 Å². The first-order valence-corrected chi connectivity index (χ1v) is 8.73. The van der Waals surface area contributed by atoms with Crippen LogP contribution in [0.4, 0.5) is 0 Å². The van der Waals surface area contributed by atoms with Crippen LogP contribution in [0.25, 0.3) is 5.65 Å². The van der Waals surface area contributed by atoms with Crippen LogP contribution in [0.1, 0.15) is 24.7 Å². The summed E-state index contributed by atoms with van der Waals surface area (Å²) in [5.74, 6) is 0.698. The molecule has 0 bridgehead atoms. The maximum Gasteiger partial charge on any atom is 0.230 e. The number of thioether (sulfide) groups is 1. The number of fused-ring (bicyclic) bond motifs is 1. The van der Waals surface area contributed by atoms with Gasteiger partial charge in [0, 0.05) is 17.5 Å². The Balaban J connectivity index is 1.78. The molecule has 8 nitrogen and oxygen atoms in total. The highest BCUT2D eigenvalue weighted by Crippen LogP contribution is 2.34. The number of carbonyl (C=O) groups excluding carboxylic acids is 1. The third-order valence-corrected chi connectivity index (χ3v) is 4.59. The number of amides is 1. The first-order chi connectivity index (χ1) is 11.1. The maximum atomic E-state index is 12.2. The van der Waals surface area contributed by atoms with Crippen molar-refractivity contribution < 1.29 is 9.72 Å². The molecule has 3 unspecified atom stereocenters. The van der Waals surface area contributed by atoms with Crippen molar-refractivity contribution in [1.82, 2.24) is 19.9 Å². The van der Waals surface area contributed by atoms with Crippen LogP contribution in [-0.4, -0.2) is 43.5 Å². The molecule has 1 saturated carbocycles. The number of nitrogens with zero attached hydrogens (tertiary/aromatic N) is 4. The molecule has 2 aromatic rings. The van der Waals surface area contributed by atoms with E-state index in [0.717, 1.165) is 5.75 Å². The van der Waals surface area contributed by atoms with Crippen molar-refractivity contribution in [3.05, 3.63) is 40.3 Å².